The Morgan fingerprint density at radius 3 is 2.75 bits per heavy atom. The van der Waals surface area contributed by atoms with Gasteiger partial charge >= 0.3 is 0 Å². The average molecular weight is 196 g/mol. The number of rotatable bonds is 1. The molecule has 1 fully saturated rings. The fraction of sp³-hybridized carbons (Fsp3) is 0.125. The lowest BCUT2D eigenvalue weighted by Gasteiger charge is -1.95. The molecule has 1 N–H and O–H groups in total. The van der Waals surface area contributed by atoms with Gasteiger partial charge in [0.2, 0.25) is 0 Å². The van der Waals surface area contributed by atoms with Crippen molar-refractivity contribution in [1.29, 1.82) is 0 Å². The minimum absolute atomic E-state index is 0.972. The summed E-state index contributed by atoms with van der Waals surface area (Å²) in [5.74, 6) is 2.02. The molecule has 2 rings (SSSR count). The Morgan fingerprint density at radius 1 is 1.25 bits per heavy atom. The van der Waals surface area contributed by atoms with E-state index in [9.17, 15) is 0 Å². The van der Waals surface area contributed by atoms with Crippen molar-refractivity contribution in [3.63, 3.8) is 0 Å². The Kier molecular flexibility index (Phi) is 2.58. The molecule has 0 atom stereocenters. The van der Waals surface area contributed by atoms with Gasteiger partial charge in [0, 0.05) is 11.0 Å². The minimum Gasteiger partial charge on any atom is -0.308 e. The monoisotopic (exact) mass is 196 g/mol. The van der Waals surface area contributed by atoms with Crippen LogP contribution in [-0.4, -0.2) is 11.6 Å². The van der Waals surface area contributed by atoms with E-state index in [2.05, 4.69) is 9.71 Å². The second kappa shape index (κ2) is 3.87. The van der Waals surface area contributed by atoms with E-state index < -0.39 is 0 Å². The highest BCUT2D eigenvalue weighted by molar-refractivity contribution is 8.77. The molecule has 0 spiro atoms. The van der Waals surface area contributed by atoms with Crippen LogP contribution in [0, 0.1) is 0 Å². The SMILES string of the molecule is c1ccc(N=C2CSSN2)cc1. The lowest BCUT2D eigenvalue weighted by molar-refractivity contribution is 1.41. The van der Waals surface area contributed by atoms with Crippen LogP contribution in [0.3, 0.4) is 0 Å². The first-order valence-corrected chi connectivity index (χ1v) is 5.94. The molecule has 0 amide bonds. The van der Waals surface area contributed by atoms with E-state index in [-0.39, 0.29) is 0 Å². The predicted octanol–water partition coefficient (Wildman–Crippen LogP) is 2.62. The molecule has 0 unspecified atom stereocenters. The maximum atomic E-state index is 4.42. The molecule has 0 aliphatic carbocycles. The van der Waals surface area contributed by atoms with Crippen molar-refractivity contribution >= 4 is 33.3 Å². The molecular formula is C8H8N2S2. The summed E-state index contributed by atoms with van der Waals surface area (Å²) < 4.78 is 3.13. The molecule has 0 saturated carbocycles. The second-order valence-corrected chi connectivity index (χ2v) is 4.44. The number of aliphatic imine (C=N–C) groups is 1. The molecule has 1 aliphatic heterocycles. The quantitative estimate of drug-likeness (QED) is 0.552. The number of amidine groups is 1. The minimum atomic E-state index is 0.972. The van der Waals surface area contributed by atoms with Gasteiger partial charge in [0.05, 0.1) is 11.4 Å². The topological polar surface area (TPSA) is 24.4 Å². The van der Waals surface area contributed by atoms with Crippen molar-refractivity contribution in [2.24, 2.45) is 4.99 Å². The third kappa shape index (κ3) is 1.95. The first-order chi connectivity index (χ1) is 5.95. The third-order valence-electron chi connectivity index (χ3n) is 1.43. The van der Waals surface area contributed by atoms with Crippen LogP contribution in [0.5, 0.6) is 0 Å². The summed E-state index contributed by atoms with van der Waals surface area (Å²) in [5, 5.41) is 0. The summed E-state index contributed by atoms with van der Waals surface area (Å²) in [6, 6.07) is 9.99. The van der Waals surface area contributed by atoms with Gasteiger partial charge < -0.3 is 4.72 Å². The van der Waals surface area contributed by atoms with Gasteiger partial charge in [-0.3, -0.25) is 0 Å². The Hall–Kier alpha value is -0.610. The largest absolute Gasteiger partial charge is 0.308 e. The Morgan fingerprint density at radius 2 is 2.08 bits per heavy atom. The predicted molar refractivity (Wildman–Crippen MR) is 56.7 cm³/mol. The highest BCUT2D eigenvalue weighted by atomic mass is 33.1. The van der Waals surface area contributed by atoms with Crippen LogP contribution in [0.2, 0.25) is 0 Å². The van der Waals surface area contributed by atoms with E-state index >= 15 is 0 Å². The summed E-state index contributed by atoms with van der Waals surface area (Å²) in [4.78, 5) is 4.42. The molecule has 1 aliphatic rings. The van der Waals surface area contributed by atoms with Gasteiger partial charge in [-0.05, 0) is 12.1 Å². The molecule has 0 radical (unpaired) electrons. The Balaban J connectivity index is 2.16. The van der Waals surface area contributed by atoms with Crippen molar-refractivity contribution in [1.82, 2.24) is 4.72 Å². The number of hydrogen-bond donors (Lipinski definition) is 1. The van der Waals surface area contributed by atoms with Gasteiger partial charge in [-0.15, -0.1) is 0 Å². The third-order valence-corrected chi connectivity index (χ3v) is 3.22. The molecule has 1 aromatic carbocycles. The fourth-order valence-electron chi connectivity index (χ4n) is 0.906. The molecule has 4 heteroatoms. The average Bonchev–Trinajstić information content (AvgIpc) is 2.59. The van der Waals surface area contributed by atoms with Crippen LogP contribution < -0.4 is 4.72 Å². The van der Waals surface area contributed by atoms with E-state index in [1.807, 2.05) is 30.3 Å². The van der Waals surface area contributed by atoms with Crippen LogP contribution in [0.1, 0.15) is 0 Å². The Bertz CT molecular complexity index is 276. The van der Waals surface area contributed by atoms with E-state index in [1.165, 1.54) is 0 Å². The van der Waals surface area contributed by atoms with Crippen molar-refractivity contribution < 1.29 is 0 Å². The number of nitrogens with zero attached hydrogens (tertiary/aromatic N) is 1. The van der Waals surface area contributed by atoms with E-state index in [1.54, 1.807) is 21.8 Å². The highest BCUT2D eigenvalue weighted by Crippen LogP contribution is 2.25. The van der Waals surface area contributed by atoms with Crippen molar-refractivity contribution in [2.75, 3.05) is 5.75 Å². The fourth-order valence-corrected chi connectivity index (χ4v) is 2.55. The maximum Gasteiger partial charge on any atom is 0.124 e. The standard InChI is InChI=1S/C8H8N2S2/c1-2-4-7(5-3-1)9-8-6-11-12-10-8/h1-5H,6H2,(H,9,10). The molecule has 1 heterocycles. The molecule has 0 aromatic heterocycles. The summed E-state index contributed by atoms with van der Waals surface area (Å²) in [5.41, 5.74) is 1.02. The van der Waals surface area contributed by atoms with Gasteiger partial charge in [0.25, 0.3) is 0 Å². The summed E-state index contributed by atoms with van der Waals surface area (Å²) >= 11 is 0. The molecule has 2 nitrogen and oxygen atoms in total. The molecule has 0 bridgehead atoms. The van der Waals surface area contributed by atoms with Gasteiger partial charge in [-0.25, -0.2) is 4.99 Å². The summed E-state index contributed by atoms with van der Waals surface area (Å²) in [6.45, 7) is 0. The lowest BCUT2D eigenvalue weighted by Crippen LogP contribution is -2.09. The van der Waals surface area contributed by atoms with E-state index in [0.29, 0.717) is 0 Å². The van der Waals surface area contributed by atoms with E-state index in [0.717, 1.165) is 17.3 Å². The van der Waals surface area contributed by atoms with Gasteiger partial charge in [-0.2, -0.15) is 0 Å². The zero-order valence-corrected chi connectivity index (χ0v) is 7.99. The first kappa shape index (κ1) is 8.01. The Labute approximate surface area is 79.4 Å². The normalized spacial score (nSPS) is 19.5. The molecule has 62 valence electrons. The van der Waals surface area contributed by atoms with Gasteiger partial charge in [-0.1, -0.05) is 29.0 Å². The zero-order chi connectivity index (χ0) is 8.23. The molecule has 1 aromatic rings. The first-order valence-electron chi connectivity index (χ1n) is 3.62. The zero-order valence-electron chi connectivity index (χ0n) is 6.36. The van der Waals surface area contributed by atoms with E-state index in [4.69, 9.17) is 0 Å². The van der Waals surface area contributed by atoms with Gasteiger partial charge in [0.15, 0.2) is 0 Å². The van der Waals surface area contributed by atoms with Gasteiger partial charge in [0.1, 0.15) is 5.84 Å². The second-order valence-electron chi connectivity index (χ2n) is 2.34. The van der Waals surface area contributed by atoms with Crippen LogP contribution in [-0.2, 0) is 0 Å². The molecular weight excluding hydrogens is 188 g/mol. The summed E-state index contributed by atoms with van der Waals surface area (Å²) in [6.07, 6.45) is 0. The molecule has 12 heavy (non-hydrogen) atoms. The van der Waals surface area contributed by atoms with Crippen LogP contribution in [0.4, 0.5) is 5.69 Å². The summed E-state index contributed by atoms with van der Waals surface area (Å²) in [7, 11) is 3.41. The van der Waals surface area contributed by atoms with Crippen LogP contribution >= 0.6 is 21.8 Å². The number of hydrogen-bond acceptors (Lipinski definition) is 3. The maximum absolute atomic E-state index is 4.42. The highest BCUT2D eigenvalue weighted by Gasteiger charge is 2.07. The number of para-hydroxylation sites is 1. The van der Waals surface area contributed by atoms with Crippen molar-refractivity contribution in [3.8, 4) is 0 Å². The number of nitrogens with one attached hydrogen (secondary N) is 1. The van der Waals surface area contributed by atoms with Crippen molar-refractivity contribution in [3.05, 3.63) is 30.3 Å². The number of benzene rings is 1. The van der Waals surface area contributed by atoms with Crippen molar-refractivity contribution in [2.45, 2.75) is 0 Å². The lowest BCUT2D eigenvalue weighted by atomic mass is 10.3. The van der Waals surface area contributed by atoms with Crippen LogP contribution in [0.25, 0.3) is 0 Å². The smallest absolute Gasteiger partial charge is 0.124 e. The molecule has 1 saturated heterocycles. The van der Waals surface area contributed by atoms with Crippen LogP contribution in [0.15, 0.2) is 35.3 Å².